The van der Waals surface area contributed by atoms with E-state index in [9.17, 15) is 9.18 Å². The van der Waals surface area contributed by atoms with Crippen molar-refractivity contribution in [3.63, 3.8) is 0 Å². The number of nitrogens with two attached hydrogens (primary N) is 1. The quantitative estimate of drug-likeness (QED) is 0.754. The van der Waals surface area contributed by atoms with Crippen LogP contribution in [0.25, 0.3) is 5.52 Å². The zero-order valence-electron chi connectivity index (χ0n) is 12.7. The topological polar surface area (TPSA) is 72.9 Å². The van der Waals surface area contributed by atoms with Crippen LogP contribution in [0.15, 0.2) is 42.7 Å². The number of amides is 1. The number of ether oxygens (including phenoxy) is 1. The van der Waals surface area contributed by atoms with Gasteiger partial charge in [-0.1, -0.05) is 0 Å². The second kappa shape index (κ2) is 5.60. The van der Waals surface area contributed by atoms with E-state index in [2.05, 4.69) is 5.10 Å². The Morgan fingerprint density at radius 1 is 1.26 bits per heavy atom. The molecule has 1 aromatic carbocycles. The lowest BCUT2D eigenvalue weighted by Crippen LogP contribution is -2.22. The minimum absolute atomic E-state index is 0.00382. The zero-order valence-corrected chi connectivity index (χ0v) is 12.7. The van der Waals surface area contributed by atoms with E-state index in [0.717, 1.165) is 5.52 Å². The molecular weight excluding hydrogens is 299 g/mol. The van der Waals surface area contributed by atoms with Crippen molar-refractivity contribution in [2.75, 3.05) is 19.8 Å². The summed E-state index contributed by atoms with van der Waals surface area (Å²) in [7, 11) is 3.26. The Hall–Kier alpha value is -3.09. The number of halogens is 1. The SMILES string of the molecule is CN(C)C(=O)c1cn2nccc2cc1Oc1ccc(N)cc1F. The second-order valence-corrected chi connectivity index (χ2v) is 5.24. The van der Waals surface area contributed by atoms with Gasteiger partial charge in [0.2, 0.25) is 0 Å². The number of nitrogen functional groups attached to an aromatic ring is 1. The summed E-state index contributed by atoms with van der Waals surface area (Å²) >= 11 is 0. The number of fused-ring (bicyclic) bond motifs is 1. The van der Waals surface area contributed by atoms with Crippen LogP contribution in [0.4, 0.5) is 10.1 Å². The van der Waals surface area contributed by atoms with E-state index in [1.807, 2.05) is 0 Å². The first-order valence-corrected chi connectivity index (χ1v) is 6.87. The number of nitrogens with zero attached hydrogens (tertiary/aromatic N) is 3. The maximum absolute atomic E-state index is 14.0. The number of hydrogen-bond donors (Lipinski definition) is 1. The maximum atomic E-state index is 14.0. The van der Waals surface area contributed by atoms with Gasteiger partial charge < -0.3 is 15.4 Å². The third kappa shape index (κ3) is 2.80. The largest absolute Gasteiger partial charge is 0.453 e. The van der Waals surface area contributed by atoms with Crippen molar-refractivity contribution < 1.29 is 13.9 Å². The molecule has 0 fully saturated rings. The van der Waals surface area contributed by atoms with E-state index in [-0.39, 0.29) is 23.0 Å². The van der Waals surface area contributed by atoms with Crippen molar-refractivity contribution in [3.05, 3.63) is 54.1 Å². The van der Waals surface area contributed by atoms with Crippen LogP contribution in [0.1, 0.15) is 10.4 Å². The van der Waals surface area contributed by atoms with Gasteiger partial charge in [-0.15, -0.1) is 0 Å². The molecule has 3 aromatic rings. The summed E-state index contributed by atoms with van der Waals surface area (Å²) in [4.78, 5) is 13.8. The van der Waals surface area contributed by atoms with E-state index in [1.165, 1.54) is 23.1 Å². The molecule has 23 heavy (non-hydrogen) atoms. The van der Waals surface area contributed by atoms with Crippen molar-refractivity contribution in [3.8, 4) is 11.5 Å². The smallest absolute Gasteiger partial charge is 0.258 e. The number of rotatable bonds is 3. The van der Waals surface area contributed by atoms with Crippen molar-refractivity contribution in [2.45, 2.75) is 0 Å². The Labute approximate surface area is 131 Å². The first-order valence-electron chi connectivity index (χ1n) is 6.87. The van der Waals surface area contributed by atoms with Crippen molar-refractivity contribution >= 4 is 17.1 Å². The van der Waals surface area contributed by atoms with E-state index in [0.29, 0.717) is 5.69 Å². The van der Waals surface area contributed by atoms with Crippen molar-refractivity contribution in [1.82, 2.24) is 14.5 Å². The van der Waals surface area contributed by atoms with Gasteiger partial charge in [0.25, 0.3) is 5.91 Å². The van der Waals surface area contributed by atoms with E-state index in [1.54, 1.807) is 43.1 Å². The molecule has 2 aromatic heterocycles. The highest BCUT2D eigenvalue weighted by Crippen LogP contribution is 2.30. The van der Waals surface area contributed by atoms with Gasteiger partial charge in [0, 0.05) is 44.3 Å². The molecule has 0 bridgehead atoms. The van der Waals surface area contributed by atoms with Gasteiger partial charge in [0.05, 0.1) is 5.52 Å². The Morgan fingerprint density at radius 3 is 2.74 bits per heavy atom. The second-order valence-electron chi connectivity index (χ2n) is 5.24. The highest BCUT2D eigenvalue weighted by Gasteiger charge is 2.18. The lowest BCUT2D eigenvalue weighted by atomic mass is 10.2. The number of carbonyl (C=O) groups is 1. The summed E-state index contributed by atoms with van der Waals surface area (Å²) in [5, 5.41) is 4.10. The summed E-state index contributed by atoms with van der Waals surface area (Å²) in [6, 6.07) is 7.52. The van der Waals surface area contributed by atoms with Crippen LogP contribution in [0.5, 0.6) is 11.5 Å². The van der Waals surface area contributed by atoms with E-state index < -0.39 is 5.82 Å². The molecule has 7 heteroatoms. The van der Waals surface area contributed by atoms with Gasteiger partial charge >= 0.3 is 0 Å². The van der Waals surface area contributed by atoms with Gasteiger partial charge in [-0.3, -0.25) is 4.79 Å². The predicted octanol–water partition coefficient (Wildman–Crippen LogP) is 2.55. The summed E-state index contributed by atoms with van der Waals surface area (Å²) < 4.78 is 21.1. The number of aromatic nitrogens is 2. The third-order valence-electron chi connectivity index (χ3n) is 3.31. The number of benzene rings is 1. The van der Waals surface area contributed by atoms with E-state index in [4.69, 9.17) is 10.5 Å². The lowest BCUT2D eigenvalue weighted by Gasteiger charge is -2.15. The van der Waals surface area contributed by atoms with Gasteiger partial charge in [-0.25, -0.2) is 8.91 Å². The molecule has 2 heterocycles. The molecular formula is C16H15FN4O2. The first-order chi connectivity index (χ1) is 11.0. The van der Waals surface area contributed by atoms with Gasteiger partial charge in [0.15, 0.2) is 11.6 Å². The molecule has 0 aliphatic carbocycles. The predicted molar refractivity (Wildman–Crippen MR) is 84.1 cm³/mol. The Morgan fingerprint density at radius 2 is 2.04 bits per heavy atom. The first kappa shape index (κ1) is 14.8. The summed E-state index contributed by atoms with van der Waals surface area (Å²) in [5.41, 5.74) is 6.84. The fourth-order valence-corrected chi connectivity index (χ4v) is 2.15. The normalized spacial score (nSPS) is 10.7. The van der Waals surface area contributed by atoms with Crippen LogP contribution in [0.2, 0.25) is 0 Å². The average molecular weight is 314 g/mol. The van der Waals surface area contributed by atoms with Crippen LogP contribution in [0.3, 0.4) is 0 Å². The van der Waals surface area contributed by atoms with Crippen molar-refractivity contribution in [1.29, 1.82) is 0 Å². The number of hydrogen-bond acceptors (Lipinski definition) is 4. The zero-order chi connectivity index (χ0) is 16.6. The molecule has 1 amide bonds. The van der Waals surface area contributed by atoms with E-state index >= 15 is 0 Å². The maximum Gasteiger partial charge on any atom is 0.258 e. The van der Waals surface area contributed by atoms with Crippen LogP contribution in [-0.2, 0) is 0 Å². The average Bonchev–Trinajstić information content (AvgIpc) is 2.95. The molecule has 0 atom stereocenters. The molecule has 2 N–H and O–H groups in total. The monoisotopic (exact) mass is 314 g/mol. The molecule has 6 nitrogen and oxygen atoms in total. The van der Waals surface area contributed by atoms with Crippen LogP contribution >= 0.6 is 0 Å². The van der Waals surface area contributed by atoms with Crippen LogP contribution in [0, 0.1) is 5.82 Å². The summed E-state index contributed by atoms with van der Waals surface area (Å²) in [5.74, 6) is -0.619. The van der Waals surface area contributed by atoms with Gasteiger partial charge in [-0.05, 0) is 18.2 Å². The minimum Gasteiger partial charge on any atom is -0.453 e. The molecule has 3 rings (SSSR count). The Kier molecular flexibility index (Phi) is 3.61. The number of anilines is 1. The van der Waals surface area contributed by atoms with Gasteiger partial charge in [0.1, 0.15) is 11.3 Å². The minimum atomic E-state index is -0.596. The van der Waals surface area contributed by atoms with Gasteiger partial charge in [-0.2, -0.15) is 5.10 Å². The van der Waals surface area contributed by atoms with Crippen LogP contribution in [-0.4, -0.2) is 34.5 Å². The van der Waals surface area contributed by atoms with Crippen LogP contribution < -0.4 is 10.5 Å². The fraction of sp³-hybridized carbons (Fsp3) is 0.125. The standard InChI is InChI=1S/C16H15FN4O2/c1-20(2)16(22)12-9-21-11(5-6-19-21)8-15(12)23-14-4-3-10(18)7-13(14)17/h3-9H,18H2,1-2H3. The summed E-state index contributed by atoms with van der Waals surface area (Å²) in [6.45, 7) is 0. The molecule has 0 radical (unpaired) electrons. The molecule has 0 saturated heterocycles. The molecule has 0 unspecified atom stereocenters. The molecule has 0 aliphatic heterocycles. The Bertz CT molecular complexity index is 889. The fourth-order valence-electron chi connectivity index (χ4n) is 2.15. The lowest BCUT2D eigenvalue weighted by molar-refractivity contribution is 0.0824. The molecule has 0 spiro atoms. The highest BCUT2D eigenvalue weighted by molar-refractivity contribution is 5.97. The Balaban J connectivity index is 2.10. The highest BCUT2D eigenvalue weighted by atomic mass is 19.1. The molecule has 118 valence electrons. The molecule has 0 aliphatic rings. The third-order valence-corrected chi connectivity index (χ3v) is 3.31. The number of carbonyl (C=O) groups excluding carboxylic acids is 1. The van der Waals surface area contributed by atoms with Crippen molar-refractivity contribution in [2.24, 2.45) is 0 Å². The summed E-state index contributed by atoms with van der Waals surface area (Å²) in [6.07, 6.45) is 3.16. The molecule has 0 saturated carbocycles. The number of pyridine rings is 1.